The van der Waals surface area contributed by atoms with Gasteiger partial charge in [-0.2, -0.15) is 0 Å². The molecule has 0 radical (unpaired) electrons. The third-order valence-corrected chi connectivity index (χ3v) is 5.78. The Balaban J connectivity index is 1.99. The molecule has 1 aliphatic rings. The Labute approximate surface area is 141 Å². The number of aliphatic hydroxyl groups is 1. The second kappa shape index (κ2) is 7.06. The van der Waals surface area contributed by atoms with Crippen LogP contribution in [0, 0.1) is 5.92 Å². The number of hydrogen-bond donors (Lipinski definition) is 2. The van der Waals surface area contributed by atoms with E-state index in [1.54, 1.807) is 6.07 Å². The molecule has 1 unspecified atom stereocenters. The van der Waals surface area contributed by atoms with Gasteiger partial charge < -0.3 is 10.4 Å². The second-order valence-electron chi connectivity index (χ2n) is 6.27. The van der Waals surface area contributed by atoms with Crippen molar-refractivity contribution in [2.45, 2.75) is 51.2 Å². The predicted molar refractivity (Wildman–Crippen MR) is 90.5 cm³/mol. The van der Waals surface area contributed by atoms with Crippen molar-refractivity contribution in [3.63, 3.8) is 0 Å². The summed E-state index contributed by atoms with van der Waals surface area (Å²) in [5.41, 5.74) is 0.294. The van der Waals surface area contributed by atoms with Crippen molar-refractivity contribution in [2.75, 3.05) is 6.54 Å². The summed E-state index contributed by atoms with van der Waals surface area (Å²) in [5, 5.41) is 15.3. The summed E-state index contributed by atoms with van der Waals surface area (Å²) in [6.07, 6.45) is 3.87. The van der Waals surface area contributed by atoms with Crippen molar-refractivity contribution in [1.29, 1.82) is 0 Å². The lowest BCUT2D eigenvalue weighted by atomic mass is 9.79. The van der Waals surface area contributed by atoms with Gasteiger partial charge in [0.25, 0.3) is 0 Å². The van der Waals surface area contributed by atoms with Gasteiger partial charge in [0.1, 0.15) is 0 Å². The molecule has 0 heterocycles. The first kappa shape index (κ1) is 17.4. The second-order valence-corrected chi connectivity index (χ2v) is 7.44. The maximum absolute atomic E-state index is 10.6. The van der Waals surface area contributed by atoms with E-state index in [1.165, 1.54) is 0 Å². The number of benzene rings is 1. The maximum Gasteiger partial charge on any atom is 0.0781 e. The van der Waals surface area contributed by atoms with Crippen molar-refractivity contribution >= 4 is 34.8 Å². The molecule has 1 fully saturated rings. The van der Waals surface area contributed by atoms with Crippen LogP contribution in [0.1, 0.15) is 51.1 Å². The van der Waals surface area contributed by atoms with Crippen LogP contribution in [-0.4, -0.2) is 17.3 Å². The Morgan fingerprint density at radius 3 is 2.48 bits per heavy atom. The monoisotopic (exact) mass is 349 g/mol. The molecule has 2 nitrogen and oxygen atoms in total. The van der Waals surface area contributed by atoms with Crippen molar-refractivity contribution in [2.24, 2.45) is 5.92 Å². The maximum atomic E-state index is 10.6. The lowest BCUT2D eigenvalue weighted by Gasteiger charge is -2.36. The minimum Gasteiger partial charge on any atom is -0.389 e. The van der Waals surface area contributed by atoms with Crippen LogP contribution in [0.15, 0.2) is 12.1 Å². The van der Waals surface area contributed by atoms with E-state index in [-0.39, 0.29) is 6.04 Å². The average molecular weight is 351 g/mol. The van der Waals surface area contributed by atoms with Gasteiger partial charge in [0, 0.05) is 12.6 Å². The highest BCUT2D eigenvalue weighted by atomic mass is 35.5. The fourth-order valence-electron chi connectivity index (χ4n) is 2.80. The lowest BCUT2D eigenvalue weighted by molar-refractivity contribution is -0.00783. The van der Waals surface area contributed by atoms with Gasteiger partial charge in [0.2, 0.25) is 0 Å². The molecule has 2 rings (SSSR count). The highest BCUT2D eigenvalue weighted by molar-refractivity contribution is 6.48. The van der Waals surface area contributed by atoms with Crippen LogP contribution < -0.4 is 5.32 Å². The Kier molecular flexibility index (Phi) is 5.84. The van der Waals surface area contributed by atoms with Crippen LogP contribution >= 0.6 is 34.8 Å². The summed E-state index contributed by atoms with van der Waals surface area (Å²) in [6, 6.07) is 3.64. The molecule has 118 valence electrons. The molecule has 1 aliphatic carbocycles. The van der Waals surface area contributed by atoms with Gasteiger partial charge in [0.05, 0.1) is 20.7 Å². The van der Waals surface area contributed by atoms with Crippen LogP contribution in [-0.2, 0) is 0 Å². The van der Waals surface area contributed by atoms with Gasteiger partial charge in [-0.05, 0) is 50.2 Å². The topological polar surface area (TPSA) is 32.3 Å². The summed E-state index contributed by atoms with van der Waals surface area (Å²) in [7, 11) is 0. The van der Waals surface area contributed by atoms with Gasteiger partial charge in [-0.3, -0.25) is 0 Å². The Morgan fingerprint density at radius 1 is 1.24 bits per heavy atom. The minimum atomic E-state index is -0.608. The summed E-state index contributed by atoms with van der Waals surface area (Å²) >= 11 is 18.3. The molecule has 0 aromatic heterocycles. The third kappa shape index (κ3) is 4.27. The largest absolute Gasteiger partial charge is 0.389 e. The fraction of sp³-hybridized carbons (Fsp3) is 0.625. The standard InChI is InChI=1S/C16H22Cl3NO/c1-10-5-7-16(21,8-6-10)9-20-11(2)12-3-4-13(17)15(19)14(12)18/h3-4,10-11,20-21H,5-9H2,1-2H3. The SMILES string of the molecule is CC1CCC(O)(CNC(C)c2ccc(Cl)c(Cl)c2Cl)CC1. The molecule has 0 amide bonds. The molecule has 2 N–H and O–H groups in total. The molecule has 1 aromatic rings. The van der Waals surface area contributed by atoms with Crippen molar-refractivity contribution < 1.29 is 5.11 Å². The van der Waals surface area contributed by atoms with E-state index in [4.69, 9.17) is 34.8 Å². The molecule has 1 aromatic carbocycles. The van der Waals surface area contributed by atoms with Gasteiger partial charge in [-0.15, -0.1) is 0 Å². The van der Waals surface area contributed by atoms with Crippen LogP contribution in [0.25, 0.3) is 0 Å². The first-order chi connectivity index (χ1) is 9.82. The zero-order chi connectivity index (χ0) is 15.6. The Hall–Kier alpha value is 0.01000. The Morgan fingerprint density at radius 2 is 1.86 bits per heavy atom. The molecule has 21 heavy (non-hydrogen) atoms. The van der Waals surface area contributed by atoms with Crippen LogP contribution in [0.3, 0.4) is 0 Å². The van der Waals surface area contributed by atoms with Gasteiger partial charge >= 0.3 is 0 Å². The number of hydrogen-bond acceptors (Lipinski definition) is 2. The molecule has 1 atom stereocenters. The summed E-state index contributed by atoms with van der Waals surface area (Å²) in [4.78, 5) is 0. The van der Waals surface area contributed by atoms with E-state index in [2.05, 4.69) is 12.2 Å². The van der Waals surface area contributed by atoms with E-state index in [1.807, 2.05) is 13.0 Å². The molecular weight excluding hydrogens is 329 g/mol. The predicted octanol–water partition coefficient (Wildman–Crippen LogP) is 5.24. The van der Waals surface area contributed by atoms with Gasteiger partial charge in [-0.1, -0.05) is 47.8 Å². The van der Waals surface area contributed by atoms with Crippen LogP contribution in [0.4, 0.5) is 0 Å². The highest BCUT2D eigenvalue weighted by Gasteiger charge is 2.32. The van der Waals surface area contributed by atoms with Crippen LogP contribution in [0.5, 0.6) is 0 Å². The average Bonchev–Trinajstić information content (AvgIpc) is 2.46. The first-order valence-electron chi connectivity index (χ1n) is 7.41. The quantitative estimate of drug-likeness (QED) is 0.728. The Bertz CT molecular complexity index is 499. The fourth-order valence-corrected chi connectivity index (χ4v) is 3.51. The molecule has 0 aliphatic heterocycles. The first-order valence-corrected chi connectivity index (χ1v) is 8.55. The molecule has 0 saturated heterocycles. The molecule has 0 bridgehead atoms. The summed E-state index contributed by atoms with van der Waals surface area (Å²) in [5.74, 6) is 0.715. The van der Waals surface area contributed by atoms with Crippen molar-refractivity contribution in [3.8, 4) is 0 Å². The van der Waals surface area contributed by atoms with E-state index in [0.29, 0.717) is 27.5 Å². The van der Waals surface area contributed by atoms with Crippen molar-refractivity contribution in [3.05, 3.63) is 32.8 Å². The zero-order valence-corrected chi connectivity index (χ0v) is 14.7. The molecule has 0 spiro atoms. The van der Waals surface area contributed by atoms with E-state index in [9.17, 15) is 5.11 Å². The van der Waals surface area contributed by atoms with Crippen LogP contribution in [0.2, 0.25) is 15.1 Å². The van der Waals surface area contributed by atoms with E-state index < -0.39 is 5.60 Å². The smallest absolute Gasteiger partial charge is 0.0781 e. The highest BCUT2D eigenvalue weighted by Crippen LogP contribution is 2.36. The van der Waals surface area contributed by atoms with Gasteiger partial charge in [-0.25, -0.2) is 0 Å². The molecular formula is C16H22Cl3NO. The molecule has 5 heteroatoms. The molecule has 1 saturated carbocycles. The normalized spacial score (nSPS) is 27.6. The van der Waals surface area contributed by atoms with Gasteiger partial charge in [0.15, 0.2) is 0 Å². The third-order valence-electron chi connectivity index (χ3n) is 4.47. The lowest BCUT2D eigenvalue weighted by Crippen LogP contribution is -2.44. The summed E-state index contributed by atoms with van der Waals surface area (Å²) < 4.78 is 0. The zero-order valence-electron chi connectivity index (χ0n) is 12.4. The summed E-state index contributed by atoms with van der Waals surface area (Å²) in [6.45, 7) is 4.82. The van der Waals surface area contributed by atoms with E-state index >= 15 is 0 Å². The van der Waals surface area contributed by atoms with Crippen molar-refractivity contribution in [1.82, 2.24) is 5.32 Å². The number of halogens is 3. The van der Waals surface area contributed by atoms with E-state index in [0.717, 1.165) is 31.2 Å². The number of nitrogens with one attached hydrogen (secondary N) is 1. The minimum absolute atomic E-state index is 0.00985. The number of rotatable bonds is 4.